The van der Waals surface area contributed by atoms with Gasteiger partial charge in [0.1, 0.15) is 11.5 Å². The Morgan fingerprint density at radius 3 is 2.58 bits per heavy atom. The van der Waals surface area contributed by atoms with E-state index in [4.69, 9.17) is 4.74 Å². The van der Waals surface area contributed by atoms with Crippen LogP contribution in [-0.4, -0.2) is 72.4 Å². The van der Waals surface area contributed by atoms with E-state index in [1.165, 1.54) is 17.6 Å². The van der Waals surface area contributed by atoms with Crippen molar-refractivity contribution < 1.29 is 14.6 Å². The van der Waals surface area contributed by atoms with Gasteiger partial charge in [-0.2, -0.15) is 0 Å². The molecule has 148 valence electrons. The Morgan fingerprint density at radius 1 is 1.19 bits per heavy atom. The minimum atomic E-state index is -1.02. The fraction of sp³-hybridized carbons (Fsp3) is 0.850. The first-order chi connectivity index (χ1) is 11.8. The molecule has 0 aromatic heterocycles. The molecule has 4 atom stereocenters. The van der Waals surface area contributed by atoms with Crippen molar-refractivity contribution in [2.45, 2.75) is 57.7 Å². The second kappa shape index (κ2) is 7.08. The summed E-state index contributed by atoms with van der Waals surface area (Å²) >= 11 is 0. The summed E-state index contributed by atoms with van der Waals surface area (Å²) in [7, 11) is 2.13. The van der Waals surface area contributed by atoms with E-state index >= 15 is 0 Å². The summed E-state index contributed by atoms with van der Waals surface area (Å²) in [6.07, 6.45) is 4.63. The molecule has 0 amide bonds. The maximum absolute atomic E-state index is 12.7. The first kappa shape index (κ1) is 20.1. The quantitative estimate of drug-likeness (QED) is 0.584. The first-order valence-electron chi connectivity index (χ1n) is 9.87. The molecule has 2 aliphatic carbocycles. The van der Waals surface area contributed by atoms with Crippen LogP contribution in [0, 0.1) is 11.3 Å². The van der Waals surface area contributed by atoms with E-state index in [0.29, 0.717) is 13.0 Å². The number of carbonyl (C=O) groups excluding carboxylic acids is 1. The number of hydrogen-bond acceptors (Lipinski definition) is 5. The summed E-state index contributed by atoms with van der Waals surface area (Å²) in [5, 5.41) is 11.6. The van der Waals surface area contributed by atoms with E-state index < -0.39 is 17.6 Å². The van der Waals surface area contributed by atoms with Crippen LogP contribution in [-0.2, 0) is 9.53 Å². The number of halogens is 1. The van der Waals surface area contributed by atoms with E-state index in [0.717, 1.165) is 45.4 Å². The van der Waals surface area contributed by atoms with Gasteiger partial charge in [-0.1, -0.05) is 12.5 Å². The molecule has 5 nitrogen and oxygen atoms in total. The number of fused-ring (bicyclic) bond motifs is 3. The summed E-state index contributed by atoms with van der Waals surface area (Å²) in [4.78, 5) is 17.4. The number of aliphatic hydroxyl groups is 1. The second-order valence-corrected chi connectivity index (χ2v) is 9.07. The summed E-state index contributed by atoms with van der Waals surface area (Å²) < 4.78 is 5.86. The molecule has 0 spiro atoms. The van der Waals surface area contributed by atoms with E-state index in [-0.39, 0.29) is 23.8 Å². The molecule has 4 rings (SSSR count). The average molecular weight is 385 g/mol. The molecule has 3 fully saturated rings. The van der Waals surface area contributed by atoms with E-state index in [1.54, 1.807) is 0 Å². The number of piperazine rings is 1. The number of allylic oxidation sites excluding steroid dienone is 1. The third-order valence-electron chi connectivity index (χ3n) is 7.34. The van der Waals surface area contributed by atoms with E-state index in [2.05, 4.69) is 30.7 Å². The lowest BCUT2D eigenvalue weighted by Gasteiger charge is -2.49. The standard InChI is InChI=1S/C20H32N2O3.ClH/c1-14-5-4-6-19(2)7-8-20(24)15(18(23)25-17(20)16(14)19)13-22-11-9-21(3)10-12-22;/h15,17,24H,4-13H2,1-3H3;1H/t15?,17-,19+,20?;/m0./s1. The molecule has 2 aliphatic heterocycles. The average Bonchev–Trinajstić information content (AvgIpc) is 2.81. The zero-order valence-corrected chi connectivity index (χ0v) is 17.1. The van der Waals surface area contributed by atoms with Crippen LogP contribution in [0.3, 0.4) is 0 Å². The lowest BCUT2D eigenvalue weighted by atomic mass is 9.58. The fourth-order valence-corrected chi connectivity index (χ4v) is 5.63. The van der Waals surface area contributed by atoms with Gasteiger partial charge in [0.25, 0.3) is 0 Å². The Balaban J connectivity index is 0.00000196. The number of nitrogens with zero attached hydrogens (tertiary/aromatic N) is 2. The normalized spacial score (nSPS) is 41.3. The number of ether oxygens (including phenoxy) is 1. The largest absolute Gasteiger partial charge is 0.454 e. The number of rotatable bonds is 2. The van der Waals surface area contributed by atoms with Crippen molar-refractivity contribution in [3.63, 3.8) is 0 Å². The Hall–Kier alpha value is -0.620. The third-order valence-corrected chi connectivity index (χ3v) is 7.34. The van der Waals surface area contributed by atoms with E-state index in [1.807, 2.05) is 0 Å². The zero-order valence-electron chi connectivity index (χ0n) is 16.3. The summed E-state index contributed by atoms with van der Waals surface area (Å²) in [5.41, 5.74) is 1.66. The predicted octanol–water partition coefficient (Wildman–Crippen LogP) is 2.23. The number of esters is 1. The van der Waals surface area contributed by atoms with Gasteiger partial charge >= 0.3 is 5.97 Å². The molecule has 0 radical (unpaired) electrons. The van der Waals surface area contributed by atoms with Crippen LogP contribution in [0.1, 0.15) is 46.0 Å². The highest BCUT2D eigenvalue weighted by Crippen LogP contribution is 2.57. The predicted molar refractivity (Wildman–Crippen MR) is 103 cm³/mol. The number of likely N-dealkylation sites (N-methyl/N-ethyl adjacent to an activating group) is 1. The molecule has 0 aromatic carbocycles. The van der Waals surface area contributed by atoms with Crippen molar-refractivity contribution in [2.75, 3.05) is 39.8 Å². The smallest absolute Gasteiger partial charge is 0.314 e. The minimum Gasteiger partial charge on any atom is -0.454 e. The highest BCUT2D eigenvalue weighted by molar-refractivity contribution is 5.85. The van der Waals surface area contributed by atoms with Crippen LogP contribution in [0.2, 0.25) is 0 Å². The minimum absolute atomic E-state index is 0. The Labute approximate surface area is 163 Å². The van der Waals surface area contributed by atoms with Crippen LogP contribution in [0.5, 0.6) is 0 Å². The molecule has 6 heteroatoms. The second-order valence-electron chi connectivity index (χ2n) is 9.07. The highest BCUT2D eigenvalue weighted by Gasteiger charge is 2.63. The Bertz CT molecular complexity index is 602. The zero-order chi connectivity index (χ0) is 17.8. The molecule has 0 aromatic rings. The van der Waals surface area contributed by atoms with Gasteiger partial charge in [-0.15, -0.1) is 12.4 Å². The topological polar surface area (TPSA) is 53.0 Å². The van der Waals surface area contributed by atoms with Gasteiger partial charge < -0.3 is 14.7 Å². The molecule has 2 saturated heterocycles. The molecule has 1 N–H and O–H groups in total. The summed E-state index contributed by atoms with van der Waals surface area (Å²) in [5.74, 6) is -0.603. The van der Waals surface area contributed by atoms with Crippen LogP contribution in [0.15, 0.2) is 11.1 Å². The Morgan fingerprint density at radius 2 is 1.88 bits per heavy atom. The molecule has 0 bridgehead atoms. The molecular formula is C20H33ClN2O3. The van der Waals surface area contributed by atoms with Gasteiger partial charge in [-0.3, -0.25) is 9.69 Å². The molecular weight excluding hydrogens is 352 g/mol. The van der Waals surface area contributed by atoms with Crippen molar-refractivity contribution >= 4 is 18.4 Å². The summed E-state index contributed by atoms with van der Waals surface area (Å²) in [6.45, 7) is 9.05. The lowest BCUT2D eigenvalue weighted by Crippen LogP contribution is -2.56. The number of carbonyl (C=O) groups is 1. The maximum atomic E-state index is 12.7. The van der Waals surface area contributed by atoms with E-state index in [9.17, 15) is 9.90 Å². The van der Waals surface area contributed by atoms with Crippen molar-refractivity contribution in [1.29, 1.82) is 0 Å². The molecule has 2 heterocycles. The maximum Gasteiger partial charge on any atom is 0.314 e. The Kier molecular flexibility index (Phi) is 5.48. The highest BCUT2D eigenvalue weighted by atomic mass is 35.5. The van der Waals surface area contributed by atoms with Crippen molar-refractivity contribution in [3.05, 3.63) is 11.1 Å². The van der Waals surface area contributed by atoms with Crippen LogP contribution >= 0.6 is 12.4 Å². The summed E-state index contributed by atoms with van der Waals surface area (Å²) in [6, 6.07) is 0. The van der Waals surface area contributed by atoms with Gasteiger partial charge in [0, 0.05) is 32.7 Å². The molecule has 2 unspecified atom stereocenters. The van der Waals surface area contributed by atoms with Gasteiger partial charge in [0.2, 0.25) is 0 Å². The third kappa shape index (κ3) is 3.11. The fourth-order valence-electron chi connectivity index (χ4n) is 5.63. The van der Waals surface area contributed by atoms with Crippen LogP contribution in [0.4, 0.5) is 0 Å². The van der Waals surface area contributed by atoms with Crippen molar-refractivity contribution in [3.8, 4) is 0 Å². The van der Waals surface area contributed by atoms with Gasteiger partial charge in [-0.25, -0.2) is 0 Å². The SMILES string of the molecule is CC1=C2[C@@H]3OC(=O)C(CN4CCN(C)CC4)C3(O)CC[C@@]2(C)CCC1.Cl. The van der Waals surface area contributed by atoms with Crippen LogP contribution in [0.25, 0.3) is 0 Å². The monoisotopic (exact) mass is 384 g/mol. The lowest BCUT2D eigenvalue weighted by molar-refractivity contribution is -0.144. The molecule has 26 heavy (non-hydrogen) atoms. The van der Waals surface area contributed by atoms with Gasteiger partial charge in [-0.05, 0) is 57.1 Å². The van der Waals surface area contributed by atoms with Crippen LogP contribution < -0.4 is 0 Å². The van der Waals surface area contributed by atoms with Gasteiger partial charge in [0.05, 0.1) is 0 Å². The van der Waals surface area contributed by atoms with Crippen molar-refractivity contribution in [2.24, 2.45) is 11.3 Å². The van der Waals surface area contributed by atoms with Gasteiger partial charge in [0.15, 0.2) is 6.10 Å². The van der Waals surface area contributed by atoms with Crippen molar-refractivity contribution in [1.82, 2.24) is 9.80 Å². The molecule has 4 aliphatic rings. The number of hydrogen-bond donors (Lipinski definition) is 1. The molecule has 1 saturated carbocycles. The first-order valence-corrected chi connectivity index (χ1v) is 9.87.